The zero-order valence-corrected chi connectivity index (χ0v) is 8.27. The summed E-state index contributed by atoms with van der Waals surface area (Å²) in [5.74, 6) is 0.489. The van der Waals surface area contributed by atoms with E-state index in [4.69, 9.17) is 4.42 Å². The van der Waals surface area contributed by atoms with Crippen molar-refractivity contribution in [3.05, 3.63) is 12.2 Å². The van der Waals surface area contributed by atoms with Crippen LogP contribution in [-0.2, 0) is 0 Å². The average molecular weight is 221 g/mol. The number of halogens is 2. The number of rotatable bonds is 5. The van der Waals surface area contributed by atoms with Crippen molar-refractivity contribution in [2.45, 2.75) is 11.6 Å². The molecule has 0 saturated heterocycles. The molecule has 1 aromatic heterocycles. The van der Waals surface area contributed by atoms with Crippen molar-refractivity contribution in [3.63, 3.8) is 0 Å². The van der Waals surface area contributed by atoms with Crippen molar-refractivity contribution < 1.29 is 13.2 Å². The van der Waals surface area contributed by atoms with Gasteiger partial charge in [0.1, 0.15) is 0 Å². The fourth-order valence-corrected chi connectivity index (χ4v) is 1.33. The summed E-state index contributed by atoms with van der Waals surface area (Å²) in [5, 5.41) is 10.4. The first-order valence-corrected chi connectivity index (χ1v) is 4.86. The smallest absolute Gasteiger partial charge is 0.315 e. The van der Waals surface area contributed by atoms with Gasteiger partial charge in [-0.15, -0.1) is 0 Å². The number of nitrogens with zero attached hydrogens (tertiary/aromatic N) is 2. The molecule has 0 fully saturated rings. The summed E-state index contributed by atoms with van der Waals surface area (Å²) in [6.45, 7) is 0. The second-order valence-electron chi connectivity index (χ2n) is 2.25. The fourth-order valence-electron chi connectivity index (χ4n) is 0.683. The summed E-state index contributed by atoms with van der Waals surface area (Å²) >= 11 is 1.24. The van der Waals surface area contributed by atoms with E-state index >= 15 is 0 Å². The first-order chi connectivity index (χ1) is 6.72. The molecule has 1 rings (SSSR count). The number of nitrogens with one attached hydrogen (secondary N) is 1. The summed E-state index contributed by atoms with van der Waals surface area (Å²) in [6, 6.07) is 0.319. The molecule has 0 unspecified atom stereocenters. The van der Waals surface area contributed by atoms with Crippen molar-refractivity contribution >= 4 is 17.8 Å². The van der Waals surface area contributed by atoms with E-state index in [2.05, 4.69) is 15.5 Å². The summed E-state index contributed by atoms with van der Waals surface area (Å²) in [5.41, 5.74) is 0. The van der Waals surface area contributed by atoms with Gasteiger partial charge in [0, 0.05) is 12.8 Å². The molecule has 0 radical (unpaired) electrons. The monoisotopic (exact) mass is 221 g/mol. The van der Waals surface area contributed by atoms with Gasteiger partial charge in [0.2, 0.25) is 0 Å². The van der Waals surface area contributed by atoms with E-state index in [0.717, 1.165) is 6.08 Å². The zero-order valence-electron chi connectivity index (χ0n) is 7.46. The minimum atomic E-state index is -1.66. The zero-order chi connectivity index (χ0) is 10.4. The number of hydrogen-bond acceptors (Lipinski definition) is 5. The maximum absolute atomic E-state index is 11.6. The van der Waals surface area contributed by atoms with Crippen LogP contribution in [0.2, 0.25) is 0 Å². The predicted octanol–water partition coefficient (Wildman–Crippen LogP) is 2.37. The SMILES string of the molecule is CNc1nnc(SCCC=C(F)F)o1. The molecule has 1 aromatic rings. The summed E-state index contributed by atoms with van der Waals surface area (Å²) in [6.07, 6.45) is -0.515. The van der Waals surface area contributed by atoms with Gasteiger partial charge >= 0.3 is 6.01 Å². The molecule has 0 saturated carbocycles. The van der Waals surface area contributed by atoms with Crippen LogP contribution in [-0.4, -0.2) is 23.0 Å². The second kappa shape index (κ2) is 5.58. The van der Waals surface area contributed by atoms with Gasteiger partial charge in [-0.25, -0.2) is 0 Å². The molecule has 0 aliphatic heterocycles. The van der Waals surface area contributed by atoms with E-state index in [0.29, 0.717) is 17.0 Å². The van der Waals surface area contributed by atoms with E-state index in [9.17, 15) is 8.78 Å². The summed E-state index contributed by atoms with van der Waals surface area (Å²) < 4.78 is 28.3. The third-order valence-corrected chi connectivity index (χ3v) is 2.11. The Morgan fingerprint density at radius 3 is 2.93 bits per heavy atom. The molecule has 14 heavy (non-hydrogen) atoms. The lowest BCUT2D eigenvalue weighted by Crippen LogP contribution is -1.85. The lowest BCUT2D eigenvalue weighted by molar-refractivity contribution is 0.418. The minimum absolute atomic E-state index is 0.282. The highest BCUT2D eigenvalue weighted by Gasteiger charge is 2.03. The third-order valence-electron chi connectivity index (χ3n) is 1.26. The molecule has 1 heterocycles. The van der Waals surface area contributed by atoms with E-state index in [1.54, 1.807) is 7.05 Å². The molecule has 7 heteroatoms. The molecule has 0 aromatic carbocycles. The standard InChI is InChI=1S/C7H9F2N3OS/c1-10-6-11-12-7(13-6)14-4-2-3-5(8)9/h3H,2,4H2,1H3,(H,10,11). The van der Waals surface area contributed by atoms with Crippen LogP contribution >= 0.6 is 11.8 Å². The van der Waals surface area contributed by atoms with E-state index in [1.807, 2.05) is 0 Å². The number of hydrogen-bond donors (Lipinski definition) is 1. The Morgan fingerprint density at radius 2 is 2.36 bits per heavy atom. The Hall–Kier alpha value is -1.11. The number of anilines is 1. The number of thioether (sulfide) groups is 1. The quantitative estimate of drug-likeness (QED) is 0.611. The van der Waals surface area contributed by atoms with Crippen LogP contribution in [0.1, 0.15) is 6.42 Å². The topological polar surface area (TPSA) is 51.0 Å². The summed E-state index contributed by atoms with van der Waals surface area (Å²) in [4.78, 5) is 0. The average Bonchev–Trinajstić information content (AvgIpc) is 2.60. The lowest BCUT2D eigenvalue weighted by Gasteiger charge is -1.90. The molecule has 0 spiro atoms. The van der Waals surface area contributed by atoms with Crippen molar-refractivity contribution in [1.29, 1.82) is 0 Å². The molecule has 0 aliphatic rings. The Bertz CT molecular complexity index is 312. The van der Waals surface area contributed by atoms with Gasteiger partial charge < -0.3 is 9.73 Å². The van der Waals surface area contributed by atoms with Crippen LogP contribution in [0.4, 0.5) is 14.8 Å². The highest BCUT2D eigenvalue weighted by molar-refractivity contribution is 7.99. The maximum atomic E-state index is 11.6. The van der Waals surface area contributed by atoms with Gasteiger partial charge in [0.25, 0.3) is 11.3 Å². The predicted molar refractivity (Wildman–Crippen MR) is 49.5 cm³/mol. The van der Waals surface area contributed by atoms with Gasteiger partial charge in [-0.2, -0.15) is 8.78 Å². The second-order valence-corrected chi connectivity index (χ2v) is 3.30. The van der Waals surface area contributed by atoms with Crippen LogP contribution in [0.15, 0.2) is 21.8 Å². The first-order valence-electron chi connectivity index (χ1n) is 3.87. The maximum Gasteiger partial charge on any atom is 0.315 e. The van der Waals surface area contributed by atoms with Gasteiger partial charge in [-0.1, -0.05) is 22.0 Å². The van der Waals surface area contributed by atoms with Crippen LogP contribution in [0, 0.1) is 0 Å². The van der Waals surface area contributed by atoms with Crippen molar-refractivity contribution in [2.24, 2.45) is 0 Å². The van der Waals surface area contributed by atoms with E-state index < -0.39 is 6.08 Å². The van der Waals surface area contributed by atoms with Crippen molar-refractivity contribution in [3.8, 4) is 0 Å². The molecule has 0 bridgehead atoms. The van der Waals surface area contributed by atoms with E-state index in [-0.39, 0.29) is 6.42 Å². The van der Waals surface area contributed by atoms with Gasteiger partial charge in [-0.05, 0) is 12.5 Å². The highest BCUT2D eigenvalue weighted by atomic mass is 32.2. The Kier molecular flexibility index (Phi) is 4.37. The molecule has 4 nitrogen and oxygen atoms in total. The van der Waals surface area contributed by atoms with Gasteiger partial charge in [-0.3, -0.25) is 0 Å². The van der Waals surface area contributed by atoms with E-state index in [1.165, 1.54) is 11.8 Å². The highest BCUT2D eigenvalue weighted by Crippen LogP contribution is 2.19. The molecule has 0 atom stereocenters. The van der Waals surface area contributed by atoms with Crippen LogP contribution < -0.4 is 5.32 Å². The molecular weight excluding hydrogens is 212 g/mol. The van der Waals surface area contributed by atoms with Crippen LogP contribution in [0.25, 0.3) is 0 Å². The first kappa shape index (κ1) is 11.0. The van der Waals surface area contributed by atoms with Crippen LogP contribution in [0.5, 0.6) is 0 Å². The number of aromatic nitrogens is 2. The normalized spacial score (nSPS) is 9.93. The molecule has 1 N–H and O–H groups in total. The lowest BCUT2D eigenvalue weighted by atomic mass is 10.5. The fraction of sp³-hybridized carbons (Fsp3) is 0.429. The Morgan fingerprint density at radius 1 is 1.57 bits per heavy atom. The molecule has 78 valence electrons. The largest absolute Gasteiger partial charge is 0.398 e. The van der Waals surface area contributed by atoms with Crippen molar-refractivity contribution in [1.82, 2.24) is 10.2 Å². The Labute approximate surface area is 83.8 Å². The Balaban J connectivity index is 2.28. The van der Waals surface area contributed by atoms with Crippen LogP contribution in [0.3, 0.4) is 0 Å². The minimum Gasteiger partial charge on any atom is -0.398 e. The third kappa shape index (κ3) is 3.73. The number of allylic oxidation sites excluding steroid dienone is 1. The van der Waals surface area contributed by atoms with Gasteiger partial charge in [0.15, 0.2) is 0 Å². The van der Waals surface area contributed by atoms with Crippen molar-refractivity contribution in [2.75, 3.05) is 18.1 Å². The summed E-state index contributed by atoms with van der Waals surface area (Å²) in [7, 11) is 1.66. The molecular formula is C7H9F2N3OS. The van der Waals surface area contributed by atoms with Gasteiger partial charge in [0.05, 0.1) is 0 Å². The molecule has 0 aliphatic carbocycles. The molecule has 0 amide bonds.